The molecule has 2 aromatic carbocycles. The van der Waals surface area contributed by atoms with Crippen LogP contribution in [0.25, 0.3) is 0 Å². The molecule has 112 valence electrons. The number of methoxy groups -OCH3 is 1. The first kappa shape index (κ1) is 15.5. The summed E-state index contributed by atoms with van der Waals surface area (Å²) >= 11 is 0. The highest BCUT2D eigenvalue weighted by molar-refractivity contribution is 7.88. The maximum Gasteiger partial charge on any atom is 0.216 e. The van der Waals surface area contributed by atoms with E-state index >= 15 is 0 Å². The van der Waals surface area contributed by atoms with Crippen LogP contribution in [0.3, 0.4) is 0 Å². The molecule has 0 aliphatic heterocycles. The molecular weight excluding hydrogens is 286 g/mol. The van der Waals surface area contributed by atoms with Gasteiger partial charge in [-0.3, -0.25) is 0 Å². The van der Waals surface area contributed by atoms with Gasteiger partial charge in [-0.25, -0.2) is 13.1 Å². The van der Waals surface area contributed by atoms with Gasteiger partial charge in [-0.15, -0.1) is 0 Å². The third-order valence-corrected chi connectivity index (χ3v) is 4.41. The van der Waals surface area contributed by atoms with E-state index in [0.717, 1.165) is 16.7 Å². The summed E-state index contributed by atoms with van der Waals surface area (Å²) in [6.07, 6.45) is 0. The molecule has 0 aliphatic carbocycles. The number of benzene rings is 2. The van der Waals surface area contributed by atoms with E-state index in [9.17, 15) is 8.42 Å². The molecule has 0 bridgehead atoms. The highest BCUT2D eigenvalue weighted by atomic mass is 32.2. The summed E-state index contributed by atoms with van der Waals surface area (Å²) in [4.78, 5) is 0. The lowest BCUT2D eigenvalue weighted by atomic mass is 10.2. The Hall–Kier alpha value is -1.85. The van der Waals surface area contributed by atoms with Gasteiger partial charge in [0.05, 0.1) is 12.9 Å². The van der Waals surface area contributed by atoms with Crippen molar-refractivity contribution in [3.63, 3.8) is 0 Å². The van der Waals surface area contributed by atoms with Crippen molar-refractivity contribution in [1.82, 2.24) is 4.72 Å². The monoisotopic (exact) mass is 305 g/mol. The number of sulfonamides is 1. The molecule has 0 saturated heterocycles. The van der Waals surface area contributed by atoms with E-state index in [1.807, 2.05) is 55.5 Å². The van der Waals surface area contributed by atoms with E-state index in [4.69, 9.17) is 4.74 Å². The zero-order chi connectivity index (χ0) is 15.3. The minimum absolute atomic E-state index is 0.0166. The summed E-state index contributed by atoms with van der Waals surface area (Å²) in [5, 5.41) is 0. The average molecular weight is 305 g/mol. The second kappa shape index (κ2) is 6.74. The fourth-order valence-electron chi connectivity index (χ4n) is 1.93. The van der Waals surface area contributed by atoms with Crippen molar-refractivity contribution in [3.8, 4) is 5.75 Å². The Bertz CT molecular complexity index is 694. The van der Waals surface area contributed by atoms with E-state index in [1.54, 1.807) is 7.11 Å². The maximum absolute atomic E-state index is 12.1. The summed E-state index contributed by atoms with van der Waals surface area (Å²) in [6.45, 7) is 2.23. The summed E-state index contributed by atoms with van der Waals surface area (Å²) in [7, 11) is -1.77. The van der Waals surface area contributed by atoms with Crippen molar-refractivity contribution < 1.29 is 13.2 Å². The van der Waals surface area contributed by atoms with Crippen LogP contribution in [0.4, 0.5) is 0 Å². The van der Waals surface area contributed by atoms with Crippen molar-refractivity contribution in [2.75, 3.05) is 7.11 Å². The molecule has 0 spiro atoms. The summed E-state index contributed by atoms with van der Waals surface area (Å²) in [6, 6.07) is 14.8. The normalized spacial score (nSPS) is 11.3. The molecule has 21 heavy (non-hydrogen) atoms. The number of rotatable bonds is 6. The fraction of sp³-hybridized carbons (Fsp3) is 0.250. The summed E-state index contributed by atoms with van der Waals surface area (Å²) in [5.41, 5.74) is 2.75. The lowest BCUT2D eigenvalue weighted by Crippen LogP contribution is -2.24. The van der Waals surface area contributed by atoms with Gasteiger partial charge in [0.25, 0.3) is 0 Å². The Morgan fingerprint density at radius 3 is 2.43 bits per heavy atom. The topological polar surface area (TPSA) is 55.4 Å². The molecule has 0 heterocycles. The second-order valence-electron chi connectivity index (χ2n) is 4.92. The molecule has 2 rings (SSSR count). The van der Waals surface area contributed by atoms with Gasteiger partial charge in [0, 0.05) is 6.54 Å². The van der Waals surface area contributed by atoms with Crippen molar-refractivity contribution in [3.05, 3.63) is 65.2 Å². The van der Waals surface area contributed by atoms with Crippen molar-refractivity contribution in [1.29, 1.82) is 0 Å². The van der Waals surface area contributed by atoms with Crippen LogP contribution in [0.2, 0.25) is 0 Å². The summed E-state index contributed by atoms with van der Waals surface area (Å²) < 4.78 is 31.9. The van der Waals surface area contributed by atoms with E-state index in [0.29, 0.717) is 5.75 Å². The smallest absolute Gasteiger partial charge is 0.216 e. The van der Waals surface area contributed by atoms with Gasteiger partial charge < -0.3 is 4.74 Å². The Labute approximate surface area is 125 Å². The van der Waals surface area contributed by atoms with Crippen molar-refractivity contribution in [2.24, 2.45) is 0 Å². The van der Waals surface area contributed by atoms with Gasteiger partial charge in [-0.1, -0.05) is 42.0 Å². The fourth-order valence-corrected chi connectivity index (χ4v) is 3.05. The minimum atomic E-state index is -3.36. The molecule has 5 heteroatoms. The highest BCUT2D eigenvalue weighted by Crippen LogP contribution is 2.13. The molecule has 0 fully saturated rings. The molecule has 0 atom stereocenters. The Morgan fingerprint density at radius 2 is 1.76 bits per heavy atom. The predicted octanol–water partition coefficient (Wildman–Crippen LogP) is 2.62. The molecule has 0 radical (unpaired) electrons. The van der Waals surface area contributed by atoms with Crippen molar-refractivity contribution in [2.45, 2.75) is 19.2 Å². The molecule has 0 saturated carbocycles. The summed E-state index contributed by atoms with van der Waals surface area (Å²) in [5.74, 6) is 0.697. The van der Waals surface area contributed by atoms with Crippen LogP contribution in [0.15, 0.2) is 48.5 Å². The average Bonchev–Trinajstić information content (AvgIpc) is 2.48. The van der Waals surface area contributed by atoms with Gasteiger partial charge in [0.2, 0.25) is 10.0 Å². The Kier molecular flexibility index (Phi) is 4.98. The van der Waals surface area contributed by atoms with Gasteiger partial charge in [-0.2, -0.15) is 0 Å². The largest absolute Gasteiger partial charge is 0.497 e. The van der Waals surface area contributed by atoms with E-state index < -0.39 is 10.0 Å². The van der Waals surface area contributed by atoms with Crippen LogP contribution >= 0.6 is 0 Å². The van der Waals surface area contributed by atoms with Crippen LogP contribution in [-0.4, -0.2) is 15.5 Å². The molecule has 1 N–H and O–H groups in total. The SMILES string of the molecule is COc1cccc(CNS(=O)(=O)Cc2ccc(C)cc2)c1. The van der Waals surface area contributed by atoms with Gasteiger partial charge >= 0.3 is 0 Å². The van der Waals surface area contributed by atoms with Gasteiger partial charge in [0.1, 0.15) is 5.75 Å². The molecular formula is C16H19NO3S. The number of nitrogens with one attached hydrogen (secondary N) is 1. The number of hydrogen-bond acceptors (Lipinski definition) is 3. The standard InChI is InChI=1S/C16H19NO3S/c1-13-6-8-14(9-7-13)12-21(18,19)17-11-15-4-3-5-16(10-15)20-2/h3-10,17H,11-12H2,1-2H3. The van der Waals surface area contributed by atoms with Gasteiger partial charge in [0.15, 0.2) is 0 Å². The number of ether oxygens (including phenoxy) is 1. The first-order valence-electron chi connectivity index (χ1n) is 6.64. The van der Waals surface area contributed by atoms with Gasteiger partial charge in [-0.05, 0) is 30.2 Å². The minimum Gasteiger partial charge on any atom is -0.497 e. The second-order valence-corrected chi connectivity index (χ2v) is 6.72. The zero-order valence-corrected chi connectivity index (χ0v) is 13.0. The lowest BCUT2D eigenvalue weighted by Gasteiger charge is -2.08. The molecule has 2 aromatic rings. The highest BCUT2D eigenvalue weighted by Gasteiger charge is 2.11. The number of aryl methyl sites for hydroxylation is 1. The zero-order valence-electron chi connectivity index (χ0n) is 12.2. The molecule has 4 nitrogen and oxygen atoms in total. The van der Waals surface area contributed by atoms with E-state index in [-0.39, 0.29) is 12.3 Å². The molecule has 0 aliphatic rings. The first-order valence-corrected chi connectivity index (χ1v) is 8.29. The Balaban J connectivity index is 1.99. The maximum atomic E-state index is 12.1. The van der Waals surface area contributed by atoms with E-state index in [2.05, 4.69) is 4.72 Å². The van der Waals surface area contributed by atoms with Crippen LogP contribution in [0.1, 0.15) is 16.7 Å². The third kappa shape index (κ3) is 4.88. The van der Waals surface area contributed by atoms with Crippen LogP contribution in [0.5, 0.6) is 5.75 Å². The number of hydrogen-bond donors (Lipinski definition) is 1. The van der Waals surface area contributed by atoms with Crippen LogP contribution in [-0.2, 0) is 22.3 Å². The van der Waals surface area contributed by atoms with Crippen LogP contribution in [0, 0.1) is 6.92 Å². The van der Waals surface area contributed by atoms with Crippen LogP contribution < -0.4 is 9.46 Å². The van der Waals surface area contributed by atoms with Crippen molar-refractivity contribution >= 4 is 10.0 Å². The molecule has 0 unspecified atom stereocenters. The molecule has 0 aromatic heterocycles. The molecule has 0 amide bonds. The van der Waals surface area contributed by atoms with E-state index in [1.165, 1.54) is 0 Å². The predicted molar refractivity (Wildman–Crippen MR) is 83.6 cm³/mol. The lowest BCUT2D eigenvalue weighted by molar-refractivity contribution is 0.414. The first-order chi connectivity index (χ1) is 9.98. The third-order valence-electron chi connectivity index (χ3n) is 3.11. The Morgan fingerprint density at radius 1 is 1.05 bits per heavy atom. The quantitative estimate of drug-likeness (QED) is 0.892.